The van der Waals surface area contributed by atoms with Crippen LogP contribution in [0, 0.1) is 0 Å². The minimum absolute atomic E-state index is 0.371. The summed E-state index contributed by atoms with van der Waals surface area (Å²) >= 11 is 6.33. The van der Waals surface area contributed by atoms with E-state index < -0.39 is 5.60 Å². The minimum atomic E-state index is -1.50. The van der Waals surface area contributed by atoms with E-state index in [1.54, 1.807) is 17.0 Å². The summed E-state index contributed by atoms with van der Waals surface area (Å²) < 4.78 is 9.04. The fourth-order valence-corrected chi connectivity index (χ4v) is 5.32. The maximum Gasteiger partial charge on any atom is 0.274 e. The molecule has 7 rings (SSSR count). The highest BCUT2D eigenvalue weighted by Crippen LogP contribution is 2.40. The number of imidazole rings is 1. The van der Waals surface area contributed by atoms with Gasteiger partial charge in [-0.25, -0.2) is 9.97 Å². The molecule has 0 saturated carbocycles. The number of aryl methyl sites for hydroxylation is 1. The molecule has 6 aromatic rings. The van der Waals surface area contributed by atoms with Crippen molar-refractivity contribution in [3.05, 3.63) is 106 Å². The van der Waals surface area contributed by atoms with Crippen LogP contribution in [-0.2, 0) is 30.6 Å². The lowest BCUT2D eigenvalue weighted by Gasteiger charge is -2.30. The molecule has 3 aromatic carbocycles. The van der Waals surface area contributed by atoms with Crippen LogP contribution >= 0.6 is 11.6 Å². The number of nitrogens with zero attached hydrogens (tertiary/aromatic N) is 7. The zero-order valence-electron chi connectivity index (χ0n) is 19.7. The Morgan fingerprint density at radius 1 is 1.00 bits per heavy atom. The summed E-state index contributed by atoms with van der Waals surface area (Å²) in [6.07, 6.45) is 3.37. The monoisotopic (exact) mass is 509 g/mol. The summed E-state index contributed by atoms with van der Waals surface area (Å²) in [4.78, 5) is 9.05. The highest BCUT2D eigenvalue weighted by molar-refractivity contribution is 6.30. The van der Waals surface area contributed by atoms with Crippen molar-refractivity contribution in [1.82, 2.24) is 34.6 Å². The van der Waals surface area contributed by atoms with Crippen molar-refractivity contribution >= 4 is 28.3 Å². The highest BCUT2D eigenvalue weighted by atomic mass is 35.5. The molecule has 1 N–H and O–H groups in total. The Kier molecular flexibility index (Phi) is 4.87. The molecule has 37 heavy (non-hydrogen) atoms. The summed E-state index contributed by atoms with van der Waals surface area (Å²) in [7, 11) is 1.87. The standard InChI is InChI=1S/C27H20ClN7O2/c1-34-15-29-12-24(34)27(36,19-6-5-17-13-37-14-18(17)9-19)20-7-8-23-22(11-20)25(16-3-2-4-21(28)10-16)30-26-31-32-33-35(23)26/h2-12,15,36H,13-14H2,1H3. The molecule has 10 heteroatoms. The van der Waals surface area contributed by atoms with Gasteiger partial charge in [-0.3, -0.25) is 0 Å². The number of fused-ring (bicyclic) bond motifs is 4. The number of rotatable bonds is 4. The van der Waals surface area contributed by atoms with E-state index in [2.05, 4.69) is 20.5 Å². The maximum atomic E-state index is 12.6. The fourth-order valence-electron chi connectivity index (χ4n) is 5.12. The number of benzene rings is 3. The second-order valence-corrected chi connectivity index (χ2v) is 9.61. The Labute approximate surface area is 215 Å². The van der Waals surface area contributed by atoms with E-state index in [-0.39, 0.29) is 0 Å². The van der Waals surface area contributed by atoms with Gasteiger partial charge >= 0.3 is 0 Å². The number of halogens is 1. The van der Waals surface area contributed by atoms with Gasteiger partial charge in [-0.1, -0.05) is 47.0 Å². The average Bonchev–Trinajstić information content (AvgIpc) is 3.67. The Bertz CT molecular complexity index is 1830. The van der Waals surface area contributed by atoms with Gasteiger partial charge < -0.3 is 14.4 Å². The second-order valence-electron chi connectivity index (χ2n) is 9.17. The molecule has 182 valence electrons. The third-order valence-corrected chi connectivity index (χ3v) is 7.22. The number of hydrogen-bond donors (Lipinski definition) is 1. The molecule has 3 aromatic heterocycles. The van der Waals surface area contributed by atoms with Crippen LogP contribution in [0.3, 0.4) is 0 Å². The third-order valence-electron chi connectivity index (χ3n) is 6.99. The van der Waals surface area contributed by atoms with Crippen LogP contribution in [0.4, 0.5) is 0 Å². The number of tetrazole rings is 1. The van der Waals surface area contributed by atoms with Gasteiger partial charge in [0.05, 0.1) is 42.6 Å². The Balaban J connectivity index is 1.53. The summed E-state index contributed by atoms with van der Waals surface area (Å²) in [5.74, 6) is 0.371. The first kappa shape index (κ1) is 22.1. The Morgan fingerprint density at radius 3 is 2.68 bits per heavy atom. The van der Waals surface area contributed by atoms with Gasteiger partial charge in [0.2, 0.25) is 0 Å². The van der Waals surface area contributed by atoms with Crippen LogP contribution in [0.5, 0.6) is 0 Å². The maximum absolute atomic E-state index is 12.6. The fraction of sp³-hybridized carbons (Fsp3) is 0.148. The Hall–Kier alpha value is -4.18. The van der Waals surface area contributed by atoms with Gasteiger partial charge in [-0.15, -0.1) is 0 Å². The molecule has 0 amide bonds. The van der Waals surface area contributed by atoms with Crippen LogP contribution < -0.4 is 0 Å². The smallest absolute Gasteiger partial charge is 0.274 e. The van der Waals surface area contributed by atoms with Crippen molar-refractivity contribution < 1.29 is 9.84 Å². The van der Waals surface area contributed by atoms with Gasteiger partial charge in [0.25, 0.3) is 5.78 Å². The van der Waals surface area contributed by atoms with E-state index in [1.807, 2.05) is 72.3 Å². The molecular formula is C27H20ClN7O2. The lowest BCUT2D eigenvalue weighted by molar-refractivity contribution is 0.117. The first-order valence-corrected chi connectivity index (χ1v) is 12.1. The van der Waals surface area contributed by atoms with Gasteiger partial charge in [-0.05, 0) is 63.0 Å². The summed E-state index contributed by atoms with van der Waals surface area (Å²) in [6, 6.07) is 19.2. The second kappa shape index (κ2) is 8.17. The number of ether oxygens (including phenoxy) is 1. The quantitative estimate of drug-likeness (QED) is 0.382. The van der Waals surface area contributed by atoms with E-state index in [0.717, 1.165) is 33.2 Å². The first-order chi connectivity index (χ1) is 18.0. The van der Waals surface area contributed by atoms with E-state index in [9.17, 15) is 5.11 Å². The molecule has 9 nitrogen and oxygen atoms in total. The zero-order chi connectivity index (χ0) is 25.1. The van der Waals surface area contributed by atoms with Crippen molar-refractivity contribution in [1.29, 1.82) is 0 Å². The number of hydrogen-bond acceptors (Lipinski definition) is 7. The van der Waals surface area contributed by atoms with Gasteiger partial charge in [0, 0.05) is 23.0 Å². The SMILES string of the molecule is Cn1cncc1C(O)(c1ccc2c(c1)COC2)c1ccc2c(c1)c(-c1cccc(Cl)c1)nc1nnnn12. The van der Waals surface area contributed by atoms with Crippen molar-refractivity contribution in [2.24, 2.45) is 7.05 Å². The molecule has 1 unspecified atom stereocenters. The van der Waals surface area contributed by atoms with Crippen molar-refractivity contribution in [2.75, 3.05) is 0 Å². The number of aromatic nitrogens is 7. The lowest BCUT2D eigenvalue weighted by atomic mass is 9.81. The predicted molar refractivity (Wildman–Crippen MR) is 137 cm³/mol. The molecule has 0 saturated heterocycles. The van der Waals surface area contributed by atoms with Crippen LogP contribution in [0.25, 0.3) is 27.9 Å². The molecular weight excluding hydrogens is 490 g/mol. The molecule has 0 spiro atoms. The largest absolute Gasteiger partial charge is 0.374 e. The zero-order valence-corrected chi connectivity index (χ0v) is 20.5. The minimum Gasteiger partial charge on any atom is -0.374 e. The third kappa shape index (κ3) is 3.36. The van der Waals surface area contributed by atoms with Crippen molar-refractivity contribution in [3.8, 4) is 11.3 Å². The van der Waals surface area contributed by atoms with Crippen LogP contribution in [0.15, 0.2) is 73.2 Å². The molecule has 1 aliphatic rings. The van der Waals surface area contributed by atoms with Gasteiger partial charge in [-0.2, -0.15) is 4.52 Å². The Morgan fingerprint density at radius 2 is 1.84 bits per heavy atom. The molecule has 0 radical (unpaired) electrons. The predicted octanol–water partition coefficient (Wildman–Crippen LogP) is 4.04. The van der Waals surface area contributed by atoms with Gasteiger partial charge in [0.15, 0.2) is 5.60 Å². The van der Waals surface area contributed by atoms with Crippen LogP contribution in [0.2, 0.25) is 5.02 Å². The lowest BCUT2D eigenvalue weighted by Crippen LogP contribution is -2.31. The van der Waals surface area contributed by atoms with Gasteiger partial charge in [0.1, 0.15) is 0 Å². The van der Waals surface area contributed by atoms with E-state index in [1.165, 1.54) is 0 Å². The summed E-state index contributed by atoms with van der Waals surface area (Å²) in [6.45, 7) is 1.09. The molecule has 0 fully saturated rings. The molecule has 1 aliphatic heterocycles. The summed E-state index contributed by atoms with van der Waals surface area (Å²) in [5.41, 5.74) is 4.93. The molecule has 4 heterocycles. The van der Waals surface area contributed by atoms with Crippen LogP contribution in [0.1, 0.15) is 27.9 Å². The van der Waals surface area contributed by atoms with E-state index in [4.69, 9.17) is 21.3 Å². The normalized spacial score (nSPS) is 14.8. The summed E-state index contributed by atoms with van der Waals surface area (Å²) in [5, 5.41) is 25.9. The van der Waals surface area contributed by atoms with Crippen molar-refractivity contribution in [3.63, 3.8) is 0 Å². The molecule has 0 bridgehead atoms. The topological polar surface area (TPSA) is 103 Å². The average molecular weight is 510 g/mol. The number of aliphatic hydroxyl groups is 1. The highest BCUT2D eigenvalue weighted by Gasteiger charge is 2.38. The van der Waals surface area contributed by atoms with E-state index in [0.29, 0.717) is 41.0 Å². The first-order valence-electron chi connectivity index (χ1n) is 11.7. The molecule has 1 atom stereocenters. The van der Waals surface area contributed by atoms with Crippen molar-refractivity contribution in [2.45, 2.75) is 18.8 Å². The molecule has 0 aliphatic carbocycles. The van der Waals surface area contributed by atoms with E-state index >= 15 is 0 Å². The van der Waals surface area contributed by atoms with Crippen LogP contribution in [-0.4, -0.2) is 39.7 Å².